The maximum Gasteiger partial charge on any atom is 0.357 e. The van der Waals surface area contributed by atoms with Crippen molar-refractivity contribution in [2.75, 3.05) is 13.7 Å². The first-order valence-electron chi connectivity index (χ1n) is 9.38. The summed E-state index contributed by atoms with van der Waals surface area (Å²) in [6.07, 6.45) is 7.24. The number of aromatic nitrogens is 1. The first-order chi connectivity index (χ1) is 12.1. The lowest BCUT2D eigenvalue weighted by atomic mass is 9.97. The van der Waals surface area contributed by atoms with Crippen LogP contribution in [0.15, 0.2) is 5.38 Å². The Hall–Kier alpha value is -1.43. The van der Waals surface area contributed by atoms with Gasteiger partial charge in [-0.2, -0.15) is 0 Å². The number of methoxy groups -OCH3 is 1. The van der Waals surface area contributed by atoms with Crippen LogP contribution < -0.4 is 0 Å². The molecule has 0 aliphatic carbocycles. The van der Waals surface area contributed by atoms with Crippen molar-refractivity contribution < 1.29 is 14.3 Å². The number of unbranched alkanes of at least 4 members (excludes halogenated alkanes) is 3. The number of nitrogens with zero attached hydrogens (tertiary/aromatic N) is 2. The topological polar surface area (TPSA) is 59.5 Å². The van der Waals surface area contributed by atoms with E-state index in [0.29, 0.717) is 12.2 Å². The number of thiazole rings is 1. The average Bonchev–Trinajstić information content (AvgIpc) is 3.09. The zero-order valence-corrected chi connectivity index (χ0v) is 16.9. The molecule has 1 heterocycles. The minimum absolute atomic E-state index is 0.0848. The zero-order valence-electron chi connectivity index (χ0n) is 16.0. The van der Waals surface area contributed by atoms with Gasteiger partial charge in [0.25, 0.3) is 0 Å². The van der Waals surface area contributed by atoms with Gasteiger partial charge in [-0.3, -0.25) is 4.79 Å². The summed E-state index contributed by atoms with van der Waals surface area (Å²) >= 11 is 1.41. The van der Waals surface area contributed by atoms with Gasteiger partial charge in [0, 0.05) is 17.8 Å². The van der Waals surface area contributed by atoms with Gasteiger partial charge in [0.2, 0.25) is 5.91 Å². The van der Waals surface area contributed by atoms with Crippen LogP contribution in [0, 0.1) is 5.92 Å². The average molecular weight is 369 g/mol. The standard InChI is InChI=1S/C19H32N2O3S/c1-5-8-10-12-21(18(22)15(7-3)11-9-6-2)13-17-20-16(14-25-17)19(23)24-4/h14-15H,5-13H2,1-4H3/t15-/m0/s1. The molecule has 5 nitrogen and oxygen atoms in total. The van der Waals surface area contributed by atoms with Gasteiger partial charge in [0.15, 0.2) is 5.69 Å². The Morgan fingerprint density at radius 2 is 1.92 bits per heavy atom. The Balaban J connectivity index is 2.82. The van der Waals surface area contributed by atoms with Gasteiger partial charge < -0.3 is 9.64 Å². The quantitative estimate of drug-likeness (QED) is 0.397. The van der Waals surface area contributed by atoms with E-state index in [1.165, 1.54) is 18.4 Å². The molecular weight excluding hydrogens is 336 g/mol. The van der Waals surface area contributed by atoms with Crippen molar-refractivity contribution in [1.29, 1.82) is 0 Å². The SMILES string of the molecule is CCCCCN(Cc1nc(C(=O)OC)cs1)C(=O)[C@@H](CC)CCCC. The molecule has 0 bridgehead atoms. The molecule has 0 saturated heterocycles. The number of hydrogen-bond acceptors (Lipinski definition) is 5. The van der Waals surface area contributed by atoms with Gasteiger partial charge in [-0.05, 0) is 19.3 Å². The molecule has 0 aliphatic heterocycles. The van der Waals surface area contributed by atoms with E-state index in [0.717, 1.165) is 56.5 Å². The Morgan fingerprint density at radius 3 is 2.52 bits per heavy atom. The third kappa shape index (κ3) is 7.14. The van der Waals surface area contributed by atoms with Crippen LogP contribution in [0.4, 0.5) is 0 Å². The molecule has 0 unspecified atom stereocenters. The molecule has 142 valence electrons. The van der Waals surface area contributed by atoms with Gasteiger partial charge in [-0.15, -0.1) is 11.3 Å². The van der Waals surface area contributed by atoms with Crippen molar-refractivity contribution in [2.45, 2.75) is 72.3 Å². The molecule has 0 spiro atoms. The van der Waals surface area contributed by atoms with Crippen molar-refractivity contribution in [1.82, 2.24) is 9.88 Å². The zero-order chi connectivity index (χ0) is 18.7. The highest BCUT2D eigenvalue weighted by molar-refractivity contribution is 7.09. The van der Waals surface area contributed by atoms with Crippen LogP contribution in [0.5, 0.6) is 0 Å². The van der Waals surface area contributed by atoms with Crippen molar-refractivity contribution in [3.63, 3.8) is 0 Å². The summed E-state index contributed by atoms with van der Waals surface area (Å²) in [5.74, 6) is -0.121. The van der Waals surface area contributed by atoms with E-state index in [-0.39, 0.29) is 11.8 Å². The maximum atomic E-state index is 13.0. The van der Waals surface area contributed by atoms with Crippen molar-refractivity contribution in [2.24, 2.45) is 5.92 Å². The van der Waals surface area contributed by atoms with Gasteiger partial charge >= 0.3 is 5.97 Å². The summed E-state index contributed by atoms with van der Waals surface area (Å²) in [6, 6.07) is 0. The van der Waals surface area contributed by atoms with E-state index in [9.17, 15) is 9.59 Å². The van der Waals surface area contributed by atoms with E-state index in [1.54, 1.807) is 5.38 Å². The Labute approximate surface area is 155 Å². The molecule has 1 aromatic heterocycles. The van der Waals surface area contributed by atoms with Crippen LogP contribution in [0.1, 0.15) is 81.2 Å². The van der Waals surface area contributed by atoms with E-state index in [1.807, 2.05) is 4.90 Å². The first kappa shape index (κ1) is 21.6. The maximum absolute atomic E-state index is 13.0. The summed E-state index contributed by atoms with van der Waals surface area (Å²) in [4.78, 5) is 30.8. The minimum Gasteiger partial charge on any atom is -0.464 e. The molecule has 0 aromatic carbocycles. The summed E-state index contributed by atoms with van der Waals surface area (Å²) in [5, 5.41) is 2.49. The Kier molecular flexibility index (Phi) is 10.4. The fourth-order valence-electron chi connectivity index (χ4n) is 2.78. The van der Waals surface area contributed by atoms with E-state index in [2.05, 4.69) is 25.8 Å². The second-order valence-corrected chi connectivity index (χ2v) is 7.28. The molecule has 1 atom stereocenters. The number of amides is 1. The van der Waals surface area contributed by atoms with Crippen LogP contribution >= 0.6 is 11.3 Å². The molecule has 0 aliphatic rings. The van der Waals surface area contributed by atoms with Crippen LogP contribution in [0.3, 0.4) is 0 Å². The number of carbonyl (C=O) groups excluding carboxylic acids is 2. The molecule has 1 rings (SSSR count). The molecule has 0 radical (unpaired) electrons. The van der Waals surface area contributed by atoms with Gasteiger partial charge in [0.1, 0.15) is 5.01 Å². The summed E-state index contributed by atoms with van der Waals surface area (Å²) in [5.41, 5.74) is 0.321. The second kappa shape index (κ2) is 12.0. The Morgan fingerprint density at radius 1 is 1.20 bits per heavy atom. The monoisotopic (exact) mass is 368 g/mol. The predicted octanol–water partition coefficient (Wildman–Crippen LogP) is 4.66. The van der Waals surface area contributed by atoms with Gasteiger partial charge in [-0.1, -0.05) is 46.5 Å². The molecule has 1 aromatic rings. The summed E-state index contributed by atoms with van der Waals surface area (Å²) in [6.45, 7) is 7.63. The van der Waals surface area contributed by atoms with Gasteiger partial charge in [0.05, 0.1) is 13.7 Å². The fourth-order valence-corrected chi connectivity index (χ4v) is 3.55. The number of ether oxygens (including phenoxy) is 1. The third-order valence-electron chi connectivity index (χ3n) is 4.36. The number of rotatable bonds is 12. The first-order valence-corrected chi connectivity index (χ1v) is 10.3. The fraction of sp³-hybridized carbons (Fsp3) is 0.737. The smallest absolute Gasteiger partial charge is 0.357 e. The molecule has 0 N–H and O–H groups in total. The van der Waals surface area contributed by atoms with Gasteiger partial charge in [-0.25, -0.2) is 9.78 Å². The number of esters is 1. The van der Waals surface area contributed by atoms with Crippen LogP contribution in [0.2, 0.25) is 0 Å². The predicted molar refractivity (Wildman–Crippen MR) is 102 cm³/mol. The van der Waals surface area contributed by atoms with Crippen LogP contribution in [-0.4, -0.2) is 35.4 Å². The van der Waals surface area contributed by atoms with E-state index in [4.69, 9.17) is 4.74 Å². The molecule has 1 amide bonds. The van der Waals surface area contributed by atoms with Crippen LogP contribution in [-0.2, 0) is 16.1 Å². The van der Waals surface area contributed by atoms with E-state index >= 15 is 0 Å². The highest BCUT2D eigenvalue weighted by atomic mass is 32.1. The largest absolute Gasteiger partial charge is 0.464 e. The molecule has 0 saturated carbocycles. The highest BCUT2D eigenvalue weighted by Gasteiger charge is 2.23. The summed E-state index contributed by atoms with van der Waals surface area (Å²) < 4.78 is 4.71. The number of carbonyl (C=O) groups is 2. The van der Waals surface area contributed by atoms with Crippen molar-refractivity contribution in [3.8, 4) is 0 Å². The highest BCUT2D eigenvalue weighted by Crippen LogP contribution is 2.20. The minimum atomic E-state index is -0.430. The second-order valence-electron chi connectivity index (χ2n) is 6.33. The summed E-state index contributed by atoms with van der Waals surface area (Å²) in [7, 11) is 1.35. The van der Waals surface area contributed by atoms with Crippen molar-refractivity contribution >= 4 is 23.2 Å². The normalized spacial score (nSPS) is 12.0. The van der Waals surface area contributed by atoms with E-state index < -0.39 is 5.97 Å². The molecule has 25 heavy (non-hydrogen) atoms. The number of hydrogen-bond donors (Lipinski definition) is 0. The van der Waals surface area contributed by atoms with Crippen molar-refractivity contribution in [3.05, 3.63) is 16.1 Å². The van der Waals surface area contributed by atoms with Crippen LogP contribution in [0.25, 0.3) is 0 Å². The molecule has 0 fully saturated rings. The third-order valence-corrected chi connectivity index (χ3v) is 5.20. The molecule has 6 heteroatoms. The lowest BCUT2D eigenvalue weighted by molar-refractivity contribution is -0.136. The Bertz CT molecular complexity index is 530. The lowest BCUT2D eigenvalue weighted by Crippen LogP contribution is -2.36. The lowest BCUT2D eigenvalue weighted by Gasteiger charge is -2.26. The molecular formula is C19H32N2O3S.